The monoisotopic (exact) mass is 730 g/mol. The molecular weight excluding hydrogens is 701 g/mol. The van der Waals surface area contributed by atoms with Gasteiger partial charge in [0.25, 0.3) is 0 Å². The molecule has 0 N–H and O–H groups in total. The van der Waals surface area contributed by atoms with Crippen molar-refractivity contribution in [2.24, 2.45) is 0 Å². The quantitative estimate of drug-likeness (QED) is 0.176. The van der Waals surface area contributed by atoms with Crippen molar-refractivity contribution in [2.45, 2.75) is 0 Å². The minimum Gasteiger partial charge on any atom is -0.456 e. The molecule has 0 radical (unpaired) electrons. The minimum atomic E-state index is 0.588. The van der Waals surface area contributed by atoms with E-state index in [2.05, 4.69) is 114 Å². The van der Waals surface area contributed by atoms with Gasteiger partial charge in [0.05, 0.1) is 11.0 Å². The number of para-hydroxylation sites is 2. The second kappa shape index (κ2) is 12.3. The Bertz CT molecular complexity index is 3410. The van der Waals surface area contributed by atoms with Gasteiger partial charge in [-0.1, -0.05) is 121 Å². The van der Waals surface area contributed by atoms with Gasteiger partial charge in [0.1, 0.15) is 22.3 Å². The summed E-state index contributed by atoms with van der Waals surface area (Å²) in [5.74, 6) is 1.83. The van der Waals surface area contributed by atoms with Crippen molar-refractivity contribution in [2.75, 3.05) is 0 Å². The van der Waals surface area contributed by atoms with E-state index in [-0.39, 0.29) is 0 Å². The first-order valence-electron chi connectivity index (χ1n) is 19.0. The first-order chi connectivity index (χ1) is 28.2. The van der Waals surface area contributed by atoms with Gasteiger partial charge in [-0.3, -0.25) is 0 Å². The molecule has 0 fully saturated rings. The molecule has 0 unspecified atom stereocenters. The molecule has 4 aromatic heterocycles. The molecule has 0 amide bonds. The lowest BCUT2D eigenvalue weighted by atomic mass is 9.98. The van der Waals surface area contributed by atoms with E-state index in [4.69, 9.17) is 23.8 Å². The van der Waals surface area contributed by atoms with Crippen LogP contribution in [0.3, 0.4) is 0 Å². The Balaban J connectivity index is 0.982. The van der Waals surface area contributed by atoms with Gasteiger partial charge in [0, 0.05) is 54.7 Å². The van der Waals surface area contributed by atoms with Crippen molar-refractivity contribution in [1.82, 2.24) is 19.5 Å². The lowest BCUT2D eigenvalue weighted by Gasteiger charge is -2.08. The third-order valence-corrected chi connectivity index (χ3v) is 11.1. The number of rotatable bonds is 5. The Morgan fingerprint density at radius 2 is 0.877 bits per heavy atom. The summed E-state index contributed by atoms with van der Waals surface area (Å²) in [7, 11) is 0. The van der Waals surface area contributed by atoms with Gasteiger partial charge in [-0.25, -0.2) is 15.0 Å². The summed E-state index contributed by atoms with van der Waals surface area (Å²) in [6.07, 6.45) is 0. The van der Waals surface area contributed by atoms with Crippen LogP contribution in [0.2, 0.25) is 0 Å². The van der Waals surface area contributed by atoms with Crippen LogP contribution in [0.4, 0.5) is 0 Å². The van der Waals surface area contributed by atoms with Crippen molar-refractivity contribution in [3.8, 4) is 51.0 Å². The average molecular weight is 731 g/mol. The summed E-state index contributed by atoms with van der Waals surface area (Å²) in [6.45, 7) is 0. The van der Waals surface area contributed by atoms with Crippen LogP contribution in [-0.2, 0) is 0 Å². The predicted molar refractivity (Wildman–Crippen MR) is 230 cm³/mol. The maximum Gasteiger partial charge on any atom is 0.164 e. The standard InChI is InChI=1S/C51H30N4O2/c1-3-12-31(13-4-1)49-52-50(32-14-5-2-6-15-32)54-51(53-49)34-23-26-40-39-25-22-33(28-46(39)57-47(40)29-34)36-18-11-21-45-48(36)41-30-35(24-27-44(41)56-45)55-42-19-9-7-16-37(42)38-17-8-10-20-43(38)55/h1-30H. The molecule has 12 aromatic rings. The zero-order chi connectivity index (χ0) is 37.5. The van der Waals surface area contributed by atoms with Crippen LogP contribution in [-0.4, -0.2) is 19.5 Å². The maximum atomic E-state index is 6.64. The van der Waals surface area contributed by atoms with Crippen LogP contribution in [0.15, 0.2) is 191 Å². The fraction of sp³-hybridized carbons (Fsp3) is 0. The van der Waals surface area contributed by atoms with Crippen LogP contribution in [0.25, 0.3) is 117 Å². The van der Waals surface area contributed by atoms with Crippen LogP contribution < -0.4 is 0 Å². The number of hydrogen-bond acceptors (Lipinski definition) is 5. The summed E-state index contributed by atoms with van der Waals surface area (Å²) < 4.78 is 15.5. The van der Waals surface area contributed by atoms with Crippen molar-refractivity contribution in [1.29, 1.82) is 0 Å². The lowest BCUT2D eigenvalue weighted by Crippen LogP contribution is -2.00. The van der Waals surface area contributed by atoms with Gasteiger partial charge in [-0.2, -0.15) is 0 Å². The first kappa shape index (κ1) is 31.5. The fourth-order valence-electron chi connectivity index (χ4n) is 8.42. The molecule has 266 valence electrons. The van der Waals surface area contributed by atoms with Gasteiger partial charge in [-0.15, -0.1) is 0 Å². The van der Waals surface area contributed by atoms with Crippen LogP contribution >= 0.6 is 0 Å². The molecule has 8 aromatic carbocycles. The highest BCUT2D eigenvalue weighted by Gasteiger charge is 2.19. The normalized spacial score (nSPS) is 11.9. The van der Waals surface area contributed by atoms with Crippen LogP contribution in [0.5, 0.6) is 0 Å². The van der Waals surface area contributed by atoms with Crippen molar-refractivity contribution >= 4 is 65.7 Å². The highest BCUT2D eigenvalue weighted by Crippen LogP contribution is 2.41. The first-order valence-corrected chi connectivity index (χ1v) is 19.0. The largest absolute Gasteiger partial charge is 0.456 e. The molecule has 0 aliphatic heterocycles. The zero-order valence-electron chi connectivity index (χ0n) is 30.4. The van der Waals surface area contributed by atoms with Crippen molar-refractivity contribution in [3.63, 3.8) is 0 Å². The molecule has 57 heavy (non-hydrogen) atoms. The van der Waals surface area contributed by atoms with Gasteiger partial charge >= 0.3 is 0 Å². The molecule has 0 aliphatic rings. The molecule has 6 heteroatoms. The Kier molecular flexibility index (Phi) is 6.83. The SMILES string of the molecule is c1ccc(-c2nc(-c3ccccc3)nc(-c3ccc4c(c3)oc3cc(-c5cccc6oc7ccc(-n8c9ccccc9c9ccccc98)cc7c56)ccc34)n2)cc1. The minimum absolute atomic E-state index is 0.588. The Morgan fingerprint density at radius 3 is 1.53 bits per heavy atom. The molecular formula is C51H30N4O2. The molecule has 0 saturated heterocycles. The number of benzene rings is 8. The molecule has 6 nitrogen and oxygen atoms in total. The van der Waals surface area contributed by atoms with E-state index in [9.17, 15) is 0 Å². The van der Waals surface area contributed by atoms with E-state index in [1.807, 2.05) is 72.8 Å². The highest BCUT2D eigenvalue weighted by molar-refractivity contribution is 6.15. The zero-order valence-corrected chi connectivity index (χ0v) is 30.4. The molecule has 4 heterocycles. The third kappa shape index (κ3) is 5.01. The van der Waals surface area contributed by atoms with Gasteiger partial charge in [0.2, 0.25) is 0 Å². The number of hydrogen-bond donors (Lipinski definition) is 0. The smallest absolute Gasteiger partial charge is 0.164 e. The molecule has 0 atom stereocenters. The Hall–Kier alpha value is -7.83. The summed E-state index contributed by atoms with van der Waals surface area (Å²) >= 11 is 0. The topological polar surface area (TPSA) is 69.9 Å². The molecule has 0 bridgehead atoms. The van der Waals surface area contributed by atoms with Crippen molar-refractivity contribution in [3.05, 3.63) is 182 Å². The molecule has 0 aliphatic carbocycles. The number of aromatic nitrogens is 4. The van der Waals surface area contributed by atoms with E-state index in [1.165, 1.54) is 21.8 Å². The number of nitrogens with zero attached hydrogens (tertiary/aromatic N) is 4. The predicted octanol–water partition coefficient (Wildman–Crippen LogP) is 13.4. The summed E-state index contributed by atoms with van der Waals surface area (Å²) in [6, 6.07) is 62.7. The van der Waals surface area contributed by atoms with E-state index >= 15 is 0 Å². The van der Waals surface area contributed by atoms with E-state index < -0.39 is 0 Å². The second-order valence-electron chi connectivity index (χ2n) is 14.4. The van der Waals surface area contributed by atoms with Crippen LogP contribution in [0.1, 0.15) is 0 Å². The molecule has 0 saturated carbocycles. The Morgan fingerprint density at radius 1 is 0.333 bits per heavy atom. The maximum absolute atomic E-state index is 6.64. The fourth-order valence-corrected chi connectivity index (χ4v) is 8.42. The summed E-state index contributed by atoms with van der Waals surface area (Å²) in [4.78, 5) is 14.7. The molecule has 12 rings (SSSR count). The lowest BCUT2D eigenvalue weighted by molar-refractivity contribution is 0.668. The third-order valence-electron chi connectivity index (χ3n) is 11.1. The molecule has 0 spiro atoms. The van der Waals surface area contributed by atoms with E-state index in [1.54, 1.807) is 0 Å². The number of fused-ring (bicyclic) bond motifs is 9. The van der Waals surface area contributed by atoms with Gasteiger partial charge in [0.15, 0.2) is 17.5 Å². The Labute approximate surface area is 325 Å². The summed E-state index contributed by atoms with van der Waals surface area (Å²) in [5, 5.41) is 6.69. The van der Waals surface area contributed by atoms with Gasteiger partial charge < -0.3 is 13.4 Å². The van der Waals surface area contributed by atoms with E-state index in [0.717, 1.165) is 77.4 Å². The number of furan rings is 2. The highest BCUT2D eigenvalue weighted by atomic mass is 16.3. The summed E-state index contributed by atoms with van der Waals surface area (Å²) in [5.41, 5.74) is 11.6. The second-order valence-corrected chi connectivity index (χ2v) is 14.4. The average Bonchev–Trinajstić information content (AvgIpc) is 3.95. The van der Waals surface area contributed by atoms with Crippen LogP contribution in [0, 0.1) is 0 Å². The van der Waals surface area contributed by atoms with Crippen molar-refractivity contribution < 1.29 is 8.83 Å². The van der Waals surface area contributed by atoms with Gasteiger partial charge in [-0.05, 0) is 71.8 Å². The van der Waals surface area contributed by atoms with E-state index in [0.29, 0.717) is 17.5 Å².